The predicted molar refractivity (Wildman–Crippen MR) is 109 cm³/mol. The van der Waals surface area contributed by atoms with Crippen molar-refractivity contribution in [3.05, 3.63) is 83.9 Å². The van der Waals surface area contributed by atoms with Gasteiger partial charge in [0.05, 0.1) is 11.8 Å². The second kappa shape index (κ2) is 7.47. The number of hydrogen-bond donors (Lipinski definition) is 1. The normalized spacial score (nSPS) is 16.1. The molecule has 1 amide bonds. The van der Waals surface area contributed by atoms with E-state index < -0.39 is 11.4 Å². The van der Waals surface area contributed by atoms with Gasteiger partial charge in [-0.25, -0.2) is 0 Å². The number of aliphatic carboxylic acids is 1. The molecular weight excluding hydrogens is 350 g/mol. The molecule has 0 radical (unpaired) electrons. The lowest BCUT2D eigenvalue weighted by molar-refractivity contribution is -0.148. The van der Waals surface area contributed by atoms with E-state index in [4.69, 9.17) is 0 Å². The van der Waals surface area contributed by atoms with E-state index in [1.54, 1.807) is 0 Å². The Hall–Kier alpha value is -3.14. The van der Waals surface area contributed by atoms with Gasteiger partial charge in [-0.1, -0.05) is 72.8 Å². The summed E-state index contributed by atoms with van der Waals surface area (Å²) in [4.78, 5) is 26.8. The zero-order chi connectivity index (χ0) is 19.6. The standard InChI is InChI=1S/C24H23NO3/c26-22(17-19-9-6-8-18-7-4-5-12-21(18)19)25-15-13-24(14-16-25,23(27)28)20-10-2-1-3-11-20/h1-12H,13-17H2,(H,27,28). The Labute approximate surface area is 164 Å². The highest BCUT2D eigenvalue weighted by Crippen LogP contribution is 2.36. The van der Waals surface area contributed by atoms with Crippen molar-refractivity contribution >= 4 is 22.6 Å². The third-order valence-corrected chi connectivity index (χ3v) is 5.93. The Morgan fingerprint density at radius 2 is 1.50 bits per heavy atom. The fourth-order valence-electron chi connectivity index (χ4n) is 4.24. The number of hydrogen-bond acceptors (Lipinski definition) is 2. The Morgan fingerprint density at radius 3 is 2.21 bits per heavy atom. The van der Waals surface area contributed by atoms with Crippen molar-refractivity contribution in [2.75, 3.05) is 13.1 Å². The van der Waals surface area contributed by atoms with Crippen LogP contribution in [0.25, 0.3) is 10.8 Å². The number of carboxylic acids is 1. The molecule has 1 heterocycles. The van der Waals surface area contributed by atoms with E-state index in [0.29, 0.717) is 32.4 Å². The van der Waals surface area contributed by atoms with Crippen molar-refractivity contribution in [1.82, 2.24) is 4.90 Å². The molecule has 0 aromatic heterocycles. The lowest BCUT2D eigenvalue weighted by Crippen LogP contribution is -2.49. The monoisotopic (exact) mass is 373 g/mol. The van der Waals surface area contributed by atoms with Crippen LogP contribution in [0.15, 0.2) is 72.8 Å². The first-order chi connectivity index (χ1) is 13.6. The van der Waals surface area contributed by atoms with Gasteiger partial charge < -0.3 is 10.0 Å². The van der Waals surface area contributed by atoms with Gasteiger partial charge in [0.15, 0.2) is 0 Å². The third kappa shape index (κ3) is 3.26. The highest BCUT2D eigenvalue weighted by molar-refractivity contribution is 5.90. The summed E-state index contributed by atoms with van der Waals surface area (Å²) in [5.74, 6) is -0.747. The maximum Gasteiger partial charge on any atom is 0.314 e. The molecule has 0 aliphatic carbocycles. The Kier molecular flexibility index (Phi) is 4.86. The van der Waals surface area contributed by atoms with Crippen LogP contribution in [0.3, 0.4) is 0 Å². The number of piperidine rings is 1. The second-order valence-electron chi connectivity index (χ2n) is 7.45. The Bertz CT molecular complexity index is 999. The molecule has 4 rings (SSSR count). The van der Waals surface area contributed by atoms with Crippen molar-refractivity contribution < 1.29 is 14.7 Å². The van der Waals surface area contributed by atoms with Gasteiger partial charge in [-0.3, -0.25) is 9.59 Å². The number of carboxylic acid groups (broad SMARTS) is 1. The molecule has 1 aliphatic heterocycles. The van der Waals surface area contributed by atoms with Crippen LogP contribution in [0.4, 0.5) is 0 Å². The molecule has 3 aromatic carbocycles. The summed E-state index contributed by atoms with van der Waals surface area (Å²) in [6.45, 7) is 0.926. The third-order valence-electron chi connectivity index (χ3n) is 5.93. The molecule has 28 heavy (non-hydrogen) atoms. The van der Waals surface area contributed by atoms with Crippen LogP contribution in [-0.2, 0) is 21.4 Å². The van der Waals surface area contributed by atoms with Gasteiger partial charge in [0.2, 0.25) is 5.91 Å². The average molecular weight is 373 g/mol. The van der Waals surface area contributed by atoms with E-state index in [1.807, 2.05) is 77.7 Å². The SMILES string of the molecule is O=C(Cc1cccc2ccccc12)N1CCC(C(=O)O)(c2ccccc2)CC1. The summed E-state index contributed by atoms with van der Waals surface area (Å²) in [5, 5.41) is 12.1. The van der Waals surface area contributed by atoms with Gasteiger partial charge in [-0.15, -0.1) is 0 Å². The molecule has 0 atom stereocenters. The molecule has 1 N–H and O–H groups in total. The Balaban J connectivity index is 1.50. The summed E-state index contributed by atoms with van der Waals surface area (Å²) in [6.07, 6.45) is 1.22. The minimum Gasteiger partial charge on any atom is -0.481 e. The minimum atomic E-state index is -0.905. The highest BCUT2D eigenvalue weighted by Gasteiger charge is 2.43. The molecule has 0 unspecified atom stereocenters. The van der Waals surface area contributed by atoms with Gasteiger partial charge in [0, 0.05) is 13.1 Å². The van der Waals surface area contributed by atoms with Crippen LogP contribution in [0.1, 0.15) is 24.0 Å². The van der Waals surface area contributed by atoms with Crippen molar-refractivity contribution in [1.29, 1.82) is 0 Å². The van der Waals surface area contributed by atoms with Crippen molar-refractivity contribution in [2.24, 2.45) is 0 Å². The van der Waals surface area contributed by atoms with E-state index in [1.165, 1.54) is 0 Å². The first kappa shape index (κ1) is 18.2. The van der Waals surface area contributed by atoms with Crippen molar-refractivity contribution in [3.8, 4) is 0 Å². The number of likely N-dealkylation sites (tertiary alicyclic amines) is 1. The van der Waals surface area contributed by atoms with Crippen LogP contribution >= 0.6 is 0 Å². The highest BCUT2D eigenvalue weighted by atomic mass is 16.4. The van der Waals surface area contributed by atoms with Crippen LogP contribution < -0.4 is 0 Å². The number of fused-ring (bicyclic) bond motifs is 1. The molecule has 1 aliphatic rings. The lowest BCUT2D eigenvalue weighted by Gasteiger charge is -2.39. The van der Waals surface area contributed by atoms with Crippen molar-refractivity contribution in [2.45, 2.75) is 24.7 Å². The number of amides is 1. The maximum atomic E-state index is 12.9. The van der Waals surface area contributed by atoms with Crippen molar-refractivity contribution in [3.63, 3.8) is 0 Å². The number of carbonyl (C=O) groups is 2. The molecule has 0 saturated carbocycles. The molecule has 0 bridgehead atoms. The topological polar surface area (TPSA) is 57.6 Å². The van der Waals surface area contributed by atoms with E-state index in [9.17, 15) is 14.7 Å². The first-order valence-corrected chi connectivity index (χ1v) is 9.63. The molecule has 3 aromatic rings. The molecular formula is C24H23NO3. The summed E-state index contributed by atoms with van der Waals surface area (Å²) < 4.78 is 0. The van der Waals surface area contributed by atoms with Gasteiger partial charge >= 0.3 is 5.97 Å². The summed E-state index contributed by atoms with van der Waals surface area (Å²) in [7, 11) is 0. The molecule has 4 heteroatoms. The Morgan fingerprint density at radius 1 is 0.857 bits per heavy atom. The smallest absolute Gasteiger partial charge is 0.314 e. The number of benzene rings is 3. The molecule has 1 fully saturated rings. The maximum absolute atomic E-state index is 12.9. The number of rotatable bonds is 4. The zero-order valence-electron chi connectivity index (χ0n) is 15.7. The summed E-state index contributed by atoms with van der Waals surface area (Å²) in [5.41, 5.74) is 0.933. The van der Waals surface area contributed by atoms with Gasteiger partial charge in [-0.05, 0) is 34.7 Å². The summed E-state index contributed by atoms with van der Waals surface area (Å²) in [6, 6.07) is 23.5. The largest absolute Gasteiger partial charge is 0.481 e. The fourth-order valence-corrected chi connectivity index (χ4v) is 4.24. The molecule has 142 valence electrons. The first-order valence-electron chi connectivity index (χ1n) is 9.63. The van der Waals surface area contributed by atoms with Gasteiger partial charge in [0.1, 0.15) is 0 Å². The number of nitrogens with zero attached hydrogens (tertiary/aromatic N) is 1. The summed E-state index contributed by atoms with van der Waals surface area (Å²) >= 11 is 0. The van der Waals surface area contributed by atoms with Gasteiger partial charge in [-0.2, -0.15) is 0 Å². The minimum absolute atomic E-state index is 0.0587. The van der Waals surface area contributed by atoms with Crippen LogP contribution in [0, 0.1) is 0 Å². The zero-order valence-corrected chi connectivity index (χ0v) is 15.7. The molecule has 1 saturated heterocycles. The van der Waals surface area contributed by atoms with Crippen LogP contribution in [-0.4, -0.2) is 35.0 Å². The van der Waals surface area contributed by atoms with Crippen LogP contribution in [0.2, 0.25) is 0 Å². The number of carbonyl (C=O) groups excluding carboxylic acids is 1. The fraction of sp³-hybridized carbons (Fsp3) is 0.250. The molecule has 4 nitrogen and oxygen atoms in total. The quantitative estimate of drug-likeness (QED) is 0.751. The van der Waals surface area contributed by atoms with E-state index >= 15 is 0 Å². The lowest BCUT2D eigenvalue weighted by atomic mass is 9.73. The van der Waals surface area contributed by atoms with Gasteiger partial charge in [0.25, 0.3) is 0 Å². The predicted octanol–water partition coefficient (Wildman–Crippen LogP) is 4.03. The van der Waals surface area contributed by atoms with E-state index in [0.717, 1.165) is 21.9 Å². The average Bonchev–Trinajstić information content (AvgIpc) is 2.74. The second-order valence-corrected chi connectivity index (χ2v) is 7.45. The van der Waals surface area contributed by atoms with E-state index in [-0.39, 0.29) is 5.91 Å². The van der Waals surface area contributed by atoms with E-state index in [2.05, 4.69) is 0 Å². The molecule has 0 spiro atoms. The van der Waals surface area contributed by atoms with Crippen LogP contribution in [0.5, 0.6) is 0 Å².